The summed E-state index contributed by atoms with van der Waals surface area (Å²) in [6, 6.07) is 17.2. The molecule has 0 N–H and O–H groups in total. The Morgan fingerprint density at radius 2 is 1.95 bits per heavy atom. The van der Waals surface area contributed by atoms with E-state index in [1.54, 1.807) is 6.07 Å². The number of rotatable bonds is 2. The van der Waals surface area contributed by atoms with Gasteiger partial charge in [0.2, 0.25) is 5.88 Å². The first-order valence-electron chi connectivity index (χ1n) is 6.41. The highest BCUT2D eigenvalue weighted by Gasteiger charge is 2.08. The van der Waals surface area contributed by atoms with Crippen LogP contribution in [0, 0.1) is 18.3 Å². The fourth-order valence-corrected chi connectivity index (χ4v) is 2.67. The molecule has 0 aliphatic carbocycles. The lowest BCUT2D eigenvalue weighted by Gasteiger charge is -2.09. The maximum atomic E-state index is 9.27. The summed E-state index contributed by atoms with van der Waals surface area (Å²) >= 11 is 3.47. The molecule has 0 atom stereocenters. The van der Waals surface area contributed by atoms with Gasteiger partial charge in [0, 0.05) is 11.5 Å². The molecule has 0 fully saturated rings. The van der Waals surface area contributed by atoms with E-state index in [1.165, 1.54) is 0 Å². The Bertz CT molecular complexity index is 868. The summed E-state index contributed by atoms with van der Waals surface area (Å²) in [7, 11) is 0. The van der Waals surface area contributed by atoms with Crippen molar-refractivity contribution in [3.8, 4) is 17.7 Å². The van der Waals surface area contributed by atoms with Crippen LogP contribution in [-0.2, 0) is 0 Å². The van der Waals surface area contributed by atoms with Crippen LogP contribution in [0.5, 0.6) is 11.6 Å². The largest absolute Gasteiger partial charge is 0.438 e. The van der Waals surface area contributed by atoms with E-state index in [0.29, 0.717) is 17.2 Å². The van der Waals surface area contributed by atoms with Crippen LogP contribution in [0.1, 0.15) is 11.1 Å². The van der Waals surface area contributed by atoms with Gasteiger partial charge >= 0.3 is 0 Å². The molecule has 102 valence electrons. The van der Waals surface area contributed by atoms with Gasteiger partial charge < -0.3 is 4.74 Å². The van der Waals surface area contributed by atoms with Crippen LogP contribution >= 0.6 is 15.9 Å². The van der Waals surface area contributed by atoms with Crippen molar-refractivity contribution in [3.05, 3.63) is 64.1 Å². The number of hydrogen-bond acceptors (Lipinski definition) is 3. The van der Waals surface area contributed by atoms with Gasteiger partial charge in [0.1, 0.15) is 11.8 Å². The average molecular weight is 339 g/mol. The summed E-state index contributed by atoms with van der Waals surface area (Å²) < 4.78 is 6.66. The maximum Gasteiger partial charge on any atom is 0.221 e. The molecule has 3 rings (SSSR count). The molecule has 0 saturated carbocycles. The second kappa shape index (κ2) is 5.55. The minimum atomic E-state index is 0.412. The Morgan fingerprint density at radius 1 is 1.14 bits per heavy atom. The number of aromatic nitrogens is 1. The summed E-state index contributed by atoms with van der Waals surface area (Å²) in [5, 5.41) is 10.1. The molecule has 3 nitrogen and oxygen atoms in total. The molecule has 2 aromatic carbocycles. The van der Waals surface area contributed by atoms with Crippen molar-refractivity contribution in [2.75, 3.05) is 0 Å². The highest BCUT2D eigenvalue weighted by molar-refractivity contribution is 9.10. The molecular weight excluding hydrogens is 328 g/mol. The Labute approximate surface area is 130 Å². The van der Waals surface area contributed by atoms with E-state index >= 15 is 0 Å². The Hall–Kier alpha value is -2.38. The molecule has 0 spiro atoms. The number of ether oxygens (including phenoxy) is 1. The van der Waals surface area contributed by atoms with Gasteiger partial charge in [0.05, 0.1) is 15.6 Å². The summed E-state index contributed by atoms with van der Waals surface area (Å²) in [5.41, 5.74) is 2.44. The fourth-order valence-electron chi connectivity index (χ4n) is 2.10. The standard InChI is InChI=1S/C17H11BrN2O/c1-11-6-7-16(14(18)8-11)21-17-9-12(10-19)13-4-2-3-5-15(13)20-17/h2-9H,1H3. The highest BCUT2D eigenvalue weighted by atomic mass is 79.9. The van der Waals surface area contributed by atoms with Crippen molar-refractivity contribution in [3.63, 3.8) is 0 Å². The minimum Gasteiger partial charge on any atom is -0.438 e. The van der Waals surface area contributed by atoms with Gasteiger partial charge in [-0.25, -0.2) is 4.98 Å². The molecule has 1 heterocycles. The Balaban J connectivity index is 2.07. The van der Waals surface area contributed by atoms with Gasteiger partial charge in [-0.05, 0) is 46.6 Å². The lowest BCUT2D eigenvalue weighted by molar-refractivity contribution is 0.462. The molecule has 1 aromatic heterocycles. The predicted octanol–water partition coefficient (Wildman–Crippen LogP) is 4.97. The topological polar surface area (TPSA) is 45.9 Å². The number of hydrogen-bond donors (Lipinski definition) is 0. The second-order valence-corrected chi connectivity index (χ2v) is 5.53. The van der Waals surface area contributed by atoms with Crippen molar-refractivity contribution in [2.45, 2.75) is 6.92 Å². The van der Waals surface area contributed by atoms with Crippen molar-refractivity contribution < 1.29 is 4.74 Å². The second-order valence-electron chi connectivity index (χ2n) is 4.67. The monoisotopic (exact) mass is 338 g/mol. The third kappa shape index (κ3) is 2.74. The van der Waals surface area contributed by atoms with Gasteiger partial charge in [0.25, 0.3) is 0 Å². The number of halogens is 1. The van der Waals surface area contributed by atoms with Gasteiger partial charge in [-0.3, -0.25) is 0 Å². The molecule has 4 heteroatoms. The minimum absolute atomic E-state index is 0.412. The first-order chi connectivity index (χ1) is 10.2. The SMILES string of the molecule is Cc1ccc(Oc2cc(C#N)c3ccccc3n2)c(Br)c1. The quantitative estimate of drug-likeness (QED) is 0.662. The van der Waals surface area contributed by atoms with Crippen LogP contribution in [0.2, 0.25) is 0 Å². The first kappa shape index (κ1) is 13.6. The van der Waals surface area contributed by atoms with Crippen LogP contribution in [-0.4, -0.2) is 4.98 Å². The van der Waals surface area contributed by atoms with E-state index in [9.17, 15) is 5.26 Å². The molecule has 21 heavy (non-hydrogen) atoms. The van der Waals surface area contributed by atoms with Crippen molar-refractivity contribution in [2.24, 2.45) is 0 Å². The van der Waals surface area contributed by atoms with Gasteiger partial charge in [-0.15, -0.1) is 0 Å². The molecule has 0 unspecified atom stereocenters. The maximum absolute atomic E-state index is 9.27. The zero-order valence-corrected chi connectivity index (χ0v) is 12.9. The van der Waals surface area contributed by atoms with Crippen LogP contribution in [0.15, 0.2) is 53.0 Å². The summed E-state index contributed by atoms with van der Waals surface area (Å²) in [6.45, 7) is 2.01. The number of para-hydroxylation sites is 1. The normalized spacial score (nSPS) is 10.3. The number of benzene rings is 2. The lowest BCUT2D eigenvalue weighted by Crippen LogP contribution is -1.92. The molecule has 0 amide bonds. The van der Waals surface area contributed by atoms with E-state index in [2.05, 4.69) is 27.0 Å². The first-order valence-corrected chi connectivity index (χ1v) is 7.20. The molecule has 0 aliphatic rings. The molecule has 0 saturated heterocycles. The van der Waals surface area contributed by atoms with E-state index in [1.807, 2.05) is 49.4 Å². The number of nitrogens with zero attached hydrogens (tertiary/aromatic N) is 2. The van der Waals surface area contributed by atoms with Crippen LogP contribution in [0.25, 0.3) is 10.9 Å². The van der Waals surface area contributed by atoms with E-state index in [0.717, 1.165) is 20.9 Å². The molecule has 3 aromatic rings. The fraction of sp³-hybridized carbons (Fsp3) is 0.0588. The zero-order valence-electron chi connectivity index (χ0n) is 11.3. The Morgan fingerprint density at radius 3 is 2.71 bits per heavy atom. The van der Waals surface area contributed by atoms with Crippen molar-refractivity contribution in [1.29, 1.82) is 5.26 Å². The predicted molar refractivity (Wildman–Crippen MR) is 85.4 cm³/mol. The van der Waals surface area contributed by atoms with Crippen LogP contribution in [0.4, 0.5) is 0 Å². The lowest BCUT2D eigenvalue weighted by atomic mass is 10.1. The Kier molecular flexibility index (Phi) is 3.59. The van der Waals surface area contributed by atoms with Gasteiger partial charge in [0.15, 0.2) is 0 Å². The number of pyridine rings is 1. The van der Waals surface area contributed by atoms with Gasteiger partial charge in [-0.1, -0.05) is 24.3 Å². The van der Waals surface area contributed by atoms with Crippen molar-refractivity contribution in [1.82, 2.24) is 4.98 Å². The average Bonchev–Trinajstić information content (AvgIpc) is 2.49. The van der Waals surface area contributed by atoms with E-state index < -0.39 is 0 Å². The molecule has 0 radical (unpaired) electrons. The number of nitriles is 1. The third-order valence-corrected chi connectivity index (χ3v) is 3.73. The third-order valence-electron chi connectivity index (χ3n) is 3.12. The number of aryl methyl sites for hydroxylation is 1. The molecule has 0 aliphatic heterocycles. The number of fused-ring (bicyclic) bond motifs is 1. The smallest absolute Gasteiger partial charge is 0.221 e. The van der Waals surface area contributed by atoms with Crippen LogP contribution in [0.3, 0.4) is 0 Å². The van der Waals surface area contributed by atoms with Gasteiger partial charge in [-0.2, -0.15) is 5.26 Å². The summed E-state index contributed by atoms with van der Waals surface area (Å²) in [5.74, 6) is 1.09. The molecule has 0 bridgehead atoms. The van der Waals surface area contributed by atoms with Crippen molar-refractivity contribution >= 4 is 26.8 Å². The van der Waals surface area contributed by atoms with E-state index in [4.69, 9.17) is 4.74 Å². The zero-order chi connectivity index (χ0) is 14.8. The summed E-state index contributed by atoms with van der Waals surface area (Å²) in [4.78, 5) is 4.45. The van der Waals surface area contributed by atoms with E-state index in [-0.39, 0.29) is 0 Å². The van der Waals surface area contributed by atoms with Crippen LogP contribution < -0.4 is 4.74 Å². The summed E-state index contributed by atoms with van der Waals surface area (Å²) in [6.07, 6.45) is 0. The molecular formula is C17H11BrN2O. The highest BCUT2D eigenvalue weighted by Crippen LogP contribution is 2.31.